The first-order valence-corrected chi connectivity index (χ1v) is 9.11. The van der Waals surface area contributed by atoms with Crippen LogP contribution in [-0.2, 0) is 20.0 Å². The van der Waals surface area contributed by atoms with Gasteiger partial charge in [0.1, 0.15) is 24.5 Å². The van der Waals surface area contributed by atoms with Gasteiger partial charge < -0.3 is 9.30 Å². The standard InChI is InChI=1S/C19H25ClN4O/c1-3-10-25-18-5-4-16(11-17(18)20)13-24-8-6-15(7-9-24)12-19-22-21-14-23(19)2/h3-5,11,14-15H,1,6-10,12-13H2,2H3. The van der Waals surface area contributed by atoms with Crippen molar-refractivity contribution in [1.82, 2.24) is 19.7 Å². The topological polar surface area (TPSA) is 43.2 Å². The molecule has 1 aromatic heterocycles. The first-order valence-electron chi connectivity index (χ1n) is 8.73. The van der Waals surface area contributed by atoms with Gasteiger partial charge >= 0.3 is 0 Å². The number of nitrogens with zero attached hydrogens (tertiary/aromatic N) is 4. The van der Waals surface area contributed by atoms with Crippen molar-refractivity contribution >= 4 is 11.6 Å². The molecule has 1 saturated heterocycles. The summed E-state index contributed by atoms with van der Waals surface area (Å²) in [5, 5.41) is 8.83. The number of rotatable bonds is 7. The van der Waals surface area contributed by atoms with E-state index in [4.69, 9.17) is 16.3 Å². The summed E-state index contributed by atoms with van der Waals surface area (Å²) in [6, 6.07) is 6.05. The van der Waals surface area contributed by atoms with Gasteiger partial charge in [0.15, 0.2) is 0 Å². The van der Waals surface area contributed by atoms with Gasteiger partial charge in [0.2, 0.25) is 0 Å². The molecular formula is C19H25ClN4O. The van der Waals surface area contributed by atoms with Crippen molar-refractivity contribution in [3.8, 4) is 5.75 Å². The van der Waals surface area contributed by atoms with E-state index in [0.717, 1.165) is 31.9 Å². The summed E-state index contributed by atoms with van der Waals surface area (Å²) < 4.78 is 7.55. The minimum Gasteiger partial charge on any atom is -0.488 e. The highest BCUT2D eigenvalue weighted by Crippen LogP contribution is 2.27. The first-order chi connectivity index (χ1) is 12.2. The predicted octanol–water partition coefficient (Wildman–Crippen LogP) is 3.49. The number of aromatic nitrogens is 3. The third-order valence-electron chi connectivity index (χ3n) is 4.74. The summed E-state index contributed by atoms with van der Waals surface area (Å²) in [7, 11) is 2.01. The molecule has 2 heterocycles. The molecule has 0 radical (unpaired) electrons. The molecule has 0 unspecified atom stereocenters. The number of benzene rings is 1. The zero-order chi connectivity index (χ0) is 17.6. The van der Waals surface area contributed by atoms with Crippen LogP contribution in [0.15, 0.2) is 37.2 Å². The van der Waals surface area contributed by atoms with Gasteiger partial charge in [-0.05, 0) is 49.5 Å². The van der Waals surface area contributed by atoms with E-state index in [2.05, 4.69) is 27.7 Å². The number of aryl methyl sites for hydroxylation is 1. The lowest BCUT2D eigenvalue weighted by Crippen LogP contribution is -2.34. The molecule has 2 aromatic rings. The van der Waals surface area contributed by atoms with E-state index in [1.54, 1.807) is 12.4 Å². The maximum atomic E-state index is 6.31. The number of hydrogen-bond donors (Lipinski definition) is 0. The predicted molar refractivity (Wildman–Crippen MR) is 99.9 cm³/mol. The molecule has 3 rings (SSSR count). The van der Waals surface area contributed by atoms with Crippen molar-refractivity contribution in [3.63, 3.8) is 0 Å². The lowest BCUT2D eigenvalue weighted by molar-refractivity contribution is 0.175. The number of likely N-dealkylation sites (tertiary alicyclic amines) is 1. The van der Waals surface area contributed by atoms with Crippen LogP contribution in [-0.4, -0.2) is 39.4 Å². The van der Waals surface area contributed by atoms with E-state index in [0.29, 0.717) is 23.3 Å². The Morgan fingerprint density at radius 3 is 2.80 bits per heavy atom. The van der Waals surface area contributed by atoms with Gasteiger partial charge in [-0.25, -0.2) is 0 Å². The lowest BCUT2D eigenvalue weighted by atomic mass is 9.93. The van der Waals surface area contributed by atoms with Crippen molar-refractivity contribution in [2.75, 3.05) is 19.7 Å². The Labute approximate surface area is 154 Å². The van der Waals surface area contributed by atoms with E-state index < -0.39 is 0 Å². The molecule has 0 spiro atoms. The summed E-state index contributed by atoms with van der Waals surface area (Å²) in [5.41, 5.74) is 1.22. The van der Waals surface area contributed by atoms with Crippen molar-refractivity contribution in [1.29, 1.82) is 0 Å². The van der Waals surface area contributed by atoms with Crippen LogP contribution in [0.25, 0.3) is 0 Å². The molecule has 0 amide bonds. The molecule has 25 heavy (non-hydrogen) atoms. The average Bonchev–Trinajstić information content (AvgIpc) is 3.01. The van der Waals surface area contributed by atoms with E-state index in [1.807, 2.05) is 23.7 Å². The second-order valence-corrected chi connectivity index (χ2v) is 7.05. The number of piperidine rings is 1. The molecule has 0 atom stereocenters. The van der Waals surface area contributed by atoms with Gasteiger partial charge in [-0.1, -0.05) is 30.3 Å². The molecule has 0 N–H and O–H groups in total. The van der Waals surface area contributed by atoms with Crippen LogP contribution in [0, 0.1) is 5.92 Å². The van der Waals surface area contributed by atoms with Crippen LogP contribution in [0.1, 0.15) is 24.2 Å². The molecule has 0 aliphatic carbocycles. The Morgan fingerprint density at radius 1 is 1.36 bits per heavy atom. The maximum absolute atomic E-state index is 6.31. The molecule has 134 valence electrons. The molecule has 0 saturated carbocycles. The highest BCUT2D eigenvalue weighted by atomic mass is 35.5. The molecule has 5 nitrogen and oxygen atoms in total. The van der Waals surface area contributed by atoms with Crippen LogP contribution < -0.4 is 4.74 Å². The fraction of sp³-hybridized carbons (Fsp3) is 0.474. The molecule has 1 aromatic carbocycles. The Bertz CT molecular complexity index is 707. The van der Waals surface area contributed by atoms with Crippen molar-refractivity contribution < 1.29 is 4.74 Å². The molecular weight excluding hydrogens is 336 g/mol. The first kappa shape index (κ1) is 18.0. The Balaban J connectivity index is 1.49. The Hall–Kier alpha value is -1.85. The van der Waals surface area contributed by atoms with Gasteiger partial charge in [0.25, 0.3) is 0 Å². The largest absolute Gasteiger partial charge is 0.488 e. The minimum atomic E-state index is 0.470. The fourth-order valence-corrected chi connectivity index (χ4v) is 3.52. The molecule has 1 aliphatic heterocycles. The van der Waals surface area contributed by atoms with Crippen molar-refractivity contribution in [2.24, 2.45) is 13.0 Å². The highest BCUT2D eigenvalue weighted by Gasteiger charge is 2.21. The normalized spacial score (nSPS) is 16.1. The number of halogens is 1. The second kappa shape index (κ2) is 8.50. The smallest absolute Gasteiger partial charge is 0.138 e. The van der Waals surface area contributed by atoms with Crippen LogP contribution in [0.4, 0.5) is 0 Å². The van der Waals surface area contributed by atoms with Crippen LogP contribution >= 0.6 is 11.6 Å². The molecule has 0 bridgehead atoms. The van der Waals surface area contributed by atoms with Gasteiger partial charge in [0, 0.05) is 20.0 Å². The van der Waals surface area contributed by atoms with E-state index >= 15 is 0 Å². The molecule has 1 aliphatic rings. The van der Waals surface area contributed by atoms with E-state index in [1.165, 1.54) is 18.4 Å². The molecule has 1 fully saturated rings. The fourth-order valence-electron chi connectivity index (χ4n) is 3.27. The van der Waals surface area contributed by atoms with Crippen molar-refractivity contribution in [3.05, 3.63) is 53.6 Å². The monoisotopic (exact) mass is 360 g/mol. The number of ether oxygens (including phenoxy) is 1. The van der Waals surface area contributed by atoms with E-state index in [9.17, 15) is 0 Å². The number of hydrogen-bond acceptors (Lipinski definition) is 4. The summed E-state index contributed by atoms with van der Waals surface area (Å²) in [4.78, 5) is 2.49. The zero-order valence-corrected chi connectivity index (χ0v) is 15.5. The average molecular weight is 361 g/mol. The lowest BCUT2D eigenvalue weighted by Gasteiger charge is -2.31. The quantitative estimate of drug-likeness (QED) is 0.709. The summed E-state index contributed by atoms with van der Waals surface area (Å²) in [5.74, 6) is 2.49. The Kier molecular flexibility index (Phi) is 6.10. The van der Waals surface area contributed by atoms with Gasteiger partial charge in [-0.15, -0.1) is 10.2 Å². The summed E-state index contributed by atoms with van der Waals surface area (Å²) >= 11 is 6.31. The maximum Gasteiger partial charge on any atom is 0.138 e. The molecule has 6 heteroatoms. The third kappa shape index (κ3) is 4.83. The second-order valence-electron chi connectivity index (χ2n) is 6.65. The summed E-state index contributed by atoms with van der Waals surface area (Å²) in [6.45, 7) is 7.26. The van der Waals surface area contributed by atoms with Crippen LogP contribution in [0.3, 0.4) is 0 Å². The van der Waals surface area contributed by atoms with E-state index in [-0.39, 0.29) is 0 Å². The third-order valence-corrected chi connectivity index (χ3v) is 5.04. The SMILES string of the molecule is C=CCOc1ccc(CN2CCC(Cc3nncn3C)CC2)cc1Cl. The van der Waals surface area contributed by atoms with Gasteiger partial charge in [-0.3, -0.25) is 4.90 Å². The van der Waals surface area contributed by atoms with Gasteiger partial charge in [0.05, 0.1) is 5.02 Å². The minimum absolute atomic E-state index is 0.470. The zero-order valence-electron chi connectivity index (χ0n) is 14.7. The highest BCUT2D eigenvalue weighted by molar-refractivity contribution is 6.32. The van der Waals surface area contributed by atoms with Crippen LogP contribution in [0.5, 0.6) is 5.75 Å². The Morgan fingerprint density at radius 2 is 2.16 bits per heavy atom. The van der Waals surface area contributed by atoms with Crippen molar-refractivity contribution in [2.45, 2.75) is 25.8 Å². The van der Waals surface area contributed by atoms with Crippen LogP contribution in [0.2, 0.25) is 5.02 Å². The van der Waals surface area contributed by atoms with Gasteiger partial charge in [-0.2, -0.15) is 0 Å². The summed E-state index contributed by atoms with van der Waals surface area (Å²) in [6.07, 6.45) is 6.90.